The molecule has 0 atom stereocenters. The van der Waals surface area contributed by atoms with Gasteiger partial charge in [-0.25, -0.2) is 9.20 Å². The second-order valence-corrected chi connectivity index (χ2v) is 7.83. The Balaban J connectivity index is 1.52. The molecule has 186 valence electrons. The lowest BCUT2D eigenvalue weighted by atomic mass is 10.2. The van der Waals surface area contributed by atoms with Crippen molar-refractivity contribution in [1.82, 2.24) is 39.6 Å². The van der Waals surface area contributed by atoms with Crippen molar-refractivity contribution in [2.24, 2.45) is 4.99 Å². The van der Waals surface area contributed by atoms with Crippen LogP contribution in [0.4, 0.5) is 0 Å². The molecule has 0 aromatic carbocycles. The lowest BCUT2D eigenvalue weighted by Crippen LogP contribution is -2.38. The highest BCUT2D eigenvalue weighted by Crippen LogP contribution is 2.16. The van der Waals surface area contributed by atoms with E-state index in [0.29, 0.717) is 42.2 Å². The summed E-state index contributed by atoms with van der Waals surface area (Å²) >= 11 is 0. The first-order valence-corrected chi connectivity index (χ1v) is 11.3. The Kier molecular flexibility index (Phi) is 7.66. The maximum atomic E-state index is 13.5. The number of aromatic amines is 1. The topological polar surface area (TPSA) is 135 Å². The third kappa shape index (κ3) is 5.23. The number of ether oxygens (including phenoxy) is 1. The minimum Gasteiger partial charge on any atom is -0.489 e. The van der Waals surface area contributed by atoms with Crippen LogP contribution in [0.2, 0.25) is 0 Å². The molecule has 12 heteroatoms. The number of likely N-dealkylation sites (N-methyl/N-ethyl adjacent to an activating group) is 1. The first-order valence-electron chi connectivity index (χ1n) is 11.3. The van der Waals surface area contributed by atoms with E-state index in [9.17, 15) is 9.59 Å². The molecule has 4 rings (SSSR count). The number of rotatable bonds is 11. The maximum absolute atomic E-state index is 13.5. The average molecular weight is 490 g/mol. The van der Waals surface area contributed by atoms with E-state index in [4.69, 9.17) is 4.74 Å². The number of nitrogens with one attached hydrogen (secondary N) is 2. The third-order valence-corrected chi connectivity index (χ3v) is 5.52. The van der Waals surface area contributed by atoms with Crippen molar-refractivity contribution in [3.8, 4) is 5.95 Å². The van der Waals surface area contributed by atoms with Gasteiger partial charge in [0.15, 0.2) is 0 Å². The monoisotopic (exact) mass is 489 g/mol. The Morgan fingerprint density at radius 2 is 2.17 bits per heavy atom. The fraction of sp³-hybridized carbons (Fsp3) is 0.250. The zero-order chi connectivity index (χ0) is 25.5. The van der Waals surface area contributed by atoms with Gasteiger partial charge in [0, 0.05) is 37.2 Å². The number of pyridine rings is 1. The number of nitrogens with zero attached hydrogens (tertiary/aromatic N) is 7. The Bertz CT molecular complexity index is 1440. The van der Waals surface area contributed by atoms with Gasteiger partial charge < -0.3 is 15.0 Å². The molecule has 36 heavy (non-hydrogen) atoms. The molecular formula is C24H27N9O3. The number of carbonyl (C=O) groups excluding carboxylic acids is 1. The van der Waals surface area contributed by atoms with E-state index in [2.05, 4.69) is 37.2 Å². The maximum Gasteiger partial charge on any atom is 0.276 e. The van der Waals surface area contributed by atoms with E-state index in [1.165, 1.54) is 21.6 Å². The highest BCUT2D eigenvalue weighted by molar-refractivity contribution is 5.95. The van der Waals surface area contributed by atoms with Crippen LogP contribution in [0.5, 0.6) is 0 Å². The van der Waals surface area contributed by atoms with E-state index in [0.717, 1.165) is 5.56 Å². The quantitative estimate of drug-likeness (QED) is 0.239. The molecular weight excluding hydrogens is 462 g/mol. The Labute approximate surface area is 206 Å². The predicted octanol–water partition coefficient (Wildman–Crippen LogP) is 1.29. The number of H-pyrrole nitrogens is 1. The Morgan fingerprint density at radius 3 is 2.92 bits per heavy atom. The summed E-state index contributed by atoms with van der Waals surface area (Å²) in [4.78, 5) is 38.1. The van der Waals surface area contributed by atoms with Gasteiger partial charge in [0.2, 0.25) is 5.95 Å². The molecule has 1 amide bonds. The summed E-state index contributed by atoms with van der Waals surface area (Å²) in [6.45, 7) is 6.86. The smallest absolute Gasteiger partial charge is 0.276 e. The normalized spacial score (nSPS) is 11.6. The zero-order valence-corrected chi connectivity index (χ0v) is 20.1. The molecule has 0 aliphatic rings. The molecule has 0 saturated heterocycles. The highest BCUT2D eigenvalue weighted by atomic mass is 16.5. The van der Waals surface area contributed by atoms with Gasteiger partial charge in [0.05, 0.1) is 30.2 Å². The summed E-state index contributed by atoms with van der Waals surface area (Å²) in [5.74, 6) is 0.517. The fourth-order valence-electron chi connectivity index (χ4n) is 3.64. The molecule has 0 spiro atoms. The third-order valence-electron chi connectivity index (χ3n) is 5.52. The van der Waals surface area contributed by atoms with Crippen molar-refractivity contribution in [3.63, 3.8) is 0 Å². The highest BCUT2D eigenvalue weighted by Gasteiger charge is 2.22. The number of fused-ring (bicyclic) bond motifs is 1. The number of aromatic nitrogens is 6. The molecule has 0 radical (unpaired) electrons. The van der Waals surface area contributed by atoms with Crippen molar-refractivity contribution in [3.05, 3.63) is 82.4 Å². The Morgan fingerprint density at radius 1 is 1.31 bits per heavy atom. The number of aliphatic imine (C=N–C) groups is 1. The molecule has 4 aromatic heterocycles. The molecule has 0 aliphatic heterocycles. The van der Waals surface area contributed by atoms with Gasteiger partial charge in [-0.15, -0.1) is 5.10 Å². The van der Waals surface area contributed by atoms with Crippen LogP contribution in [-0.4, -0.2) is 80.2 Å². The number of hydrogen-bond acceptors (Lipinski definition) is 8. The van der Waals surface area contributed by atoms with Crippen LogP contribution in [0.1, 0.15) is 21.6 Å². The molecule has 0 saturated carbocycles. The van der Waals surface area contributed by atoms with E-state index < -0.39 is 0 Å². The SMILES string of the molecule is C=N/C=C(\OCCN(CCNC)C(=O)c1cnn(-c2nn3cccc3c(=O)[nH]2)c1C)c1cccnc1. The van der Waals surface area contributed by atoms with E-state index in [-0.39, 0.29) is 24.0 Å². The Hall–Kier alpha value is -4.58. The summed E-state index contributed by atoms with van der Waals surface area (Å²) < 4.78 is 8.83. The van der Waals surface area contributed by atoms with Crippen LogP contribution in [0.15, 0.2) is 65.0 Å². The van der Waals surface area contributed by atoms with Gasteiger partial charge in [0.1, 0.15) is 17.9 Å². The minimum atomic E-state index is -0.299. The second-order valence-electron chi connectivity index (χ2n) is 7.83. The molecule has 4 heterocycles. The van der Waals surface area contributed by atoms with Gasteiger partial charge >= 0.3 is 0 Å². The van der Waals surface area contributed by atoms with Crippen LogP contribution in [0.25, 0.3) is 17.2 Å². The van der Waals surface area contributed by atoms with Crippen LogP contribution in [0.3, 0.4) is 0 Å². The van der Waals surface area contributed by atoms with E-state index in [1.807, 2.05) is 13.1 Å². The van der Waals surface area contributed by atoms with Gasteiger partial charge in [-0.2, -0.15) is 5.10 Å². The largest absolute Gasteiger partial charge is 0.489 e. The number of hydrogen-bond donors (Lipinski definition) is 2. The van der Waals surface area contributed by atoms with Crippen molar-refractivity contribution in [2.45, 2.75) is 6.92 Å². The minimum absolute atomic E-state index is 0.212. The van der Waals surface area contributed by atoms with Gasteiger partial charge in [-0.1, -0.05) is 0 Å². The summed E-state index contributed by atoms with van der Waals surface area (Å²) in [5, 5.41) is 11.8. The molecule has 0 fully saturated rings. The van der Waals surface area contributed by atoms with Crippen molar-refractivity contribution in [2.75, 3.05) is 33.3 Å². The fourth-order valence-corrected chi connectivity index (χ4v) is 3.64. The number of carbonyl (C=O) groups is 1. The summed E-state index contributed by atoms with van der Waals surface area (Å²) in [5.41, 5.74) is 1.83. The van der Waals surface area contributed by atoms with Crippen molar-refractivity contribution in [1.29, 1.82) is 0 Å². The van der Waals surface area contributed by atoms with Gasteiger partial charge in [0.25, 0.3) is 11.5 Å². The molecule has 0 aliphatic carbocycles. The van der Waals surface area contributed by atoms with Gasteiger partial charge in [-0.05, 0) is 45.0 Å². The first-order chi connectivity index (χ1) is 17.5. The first kappa shape index (κ1) is 24.5. The number of amides is 1. The van der Waals surface area contributed by atoms with Crippen LogP contribution in [0, 0.1) is 6.92 Å². The van der Waals surface area contributed by atoms with Crippen LogP contribution >= 0.6 is 0 Å². The molecule has 0 unspecified atom stereocenters. The predicted molar refractivity (Wildman–Crippen MR) is 135 cm³/mol. The molecule has 4 aromatic rings. The summed E-state index contributed by atoms with van der Waals surface area (Å²) in [6.07, 6.45) is 8.01. The second kappa shape index (κ2) is 11.2. The lowest BCUT2D eigenvalue weighted by Gasteiger charge is -2.23. The van der Waals surface area contributed by atoms with Gasteiger partial charge in [-0.3, -0.25) is 24.5 Å². The molecule has 12 nitrogen and oxygen atoms in total. The van der Waals surface area contributed by atoms with Crippen LogP contribution in [-0.2, 0) is 4.74 Å². The van der Waals surface area contributed by atoms with Crippen LogP contribution < -0.4 is 10.9 Å². The molecule has 0 bridgehead atoms. The molecule has 2 N–H and O–H groups in total. The summed E-state index contributed by atoms with van der Waals surface area (Å²) in [7, 11) is 1.82. The van der Waals surface area contributed by atoms with E-state index >= 15 is 0 Å². The van der Waals surface area contributed by atoms with Crippen molar-refractivity contribution >= 4 is 23.9 Å². The summed E-state index contributed by atoms with van der Waals surface area (Å²) in [6, 6.07) is 7.06. The zero-order valence-electron chi connectivity index (χ0n) is 20.1. The average Bonchev–Trinajstić information content (AvgIpc) is 3.52. The van der Waals surface area contributed by atoms with Crippen molar-refractivity contribution < 1.29 is 9.53 Å². The van der Waals surface area contributed by atoms with E-state index in [1.54, 1.807) is 48.6 Å². The lowest BCUT2D eigenvalue weighted by molar-refractivity contribution is 0.0723. The standard InChI is InChI=1S/C24H27N9O3/c1-17-19(15-28-33(17)24-29-22(34)20-7-5-10-32(20)30-24)23(35)31(11-9-25-2)12-13-36-21(16-26-3)18-6-4-8-27-14-18/h4-8,10,14-16,25H,3,9,11-13H2,1-2H3,(H,29,30,34)/b21-16-.